The highest BCUT2D eigenvalue weighted by molar-refractivity contribution is 5.64. The number of ether oxygens (including phenoxy) is 6. The molecular formula is C28H38O13. The molecule has 7 N–H and O–H groups in total. The van der Waals surface area contributed by atoms with Gasteiger partial charge in [-0.15, -0.1) is 0 Å². The van der Waals surface area contributed by atoms with Crippen molar-refractivity contribution < 1.29 is 64.2 Å². The summed E-state index contributed by atoms with van der Waals surface area (Å²) in [7, 11) is 5.60. The fraction of sp³-hybridized carbons (Fsp3) is 0.571. The SMILES string of the molecule is COc1cc([C@@H]2c3c(cc(OC)c(O)c3OC)C[C@@H](CO)[C@H]2CO[C@@H]2OC(CO)[C@@H](O)C(O)C2O)cc(OC)c1O. The topological polar surface area (TPSA) is 197 Å². The molecule has 0 spiro atoms. The van der Waals surface area contributed by atoms with Crippen molar-refractivity contribution in [3.8, 4) is 34.5 Å². The monoisotopic (exact) mass is 582 g/mol. The largest absolute Gasteiger partial charge is 0.502 e. The van der Waals surface area contributed by atoms with E-state index in [1.165, 1.54) is 28.4 Å². The third kappa shape index (κ3) is 5.58. The fourth-order valence-electron chi connectivity index (χ4n) is 5.83. The maximum Gasteiger partial charge on any atom is 0.201 e. The molecule has 3 unspecified atom stereocenters. The van der Waals surface area contributed by atoms with Crippen LogP contribution in [0.5, 0.6) is 34.5 Å². The van der Waals surface area contributed by atoms with E-state index >= 15 is 0 Å². The minimum absolute atomic E-state index is 0.123. The molecule has 1 aliphatic carbocycles. The van der Waals surface area contributed by atoms with Crippen LogP contribution in [0.1, 0.15) is 22.6 Å². The zero-order valence-electron chi connectivity index (χ0n) is 23.3. The zero-order valence-corrected chi connectivity index (χ0v) is 23.3. The second-order valence-corrected chi connectivity index (χ2v) is 10.1. The van der Waals surface area contributed by atoms with Crippen molar-refractivity contribution in [3.63, 3.8) is 0 Å². The number of phenols is 2. The van der Waals surface area contributed by atoms with Gasteiger partial charge in [0, 0.05) is 18.1 Å². The van der Waals surface area contributed by atoms with E-state index in [0.29, 0.717) is 17.5 Å². The van der Waals surface area contributed by atoms with E-state index in [1.54, 1.807) is 18.2 Å². The van der Waals surface area contributed by atoms with Crippen LogP contribution in [0.15, 0.2) is 18.2 Å². The van der Waals surface area contributed by atoms with Gasteiger partial charge in [-0.1, -0.05) is 0 Å². The molecule has 13 nitrogen and oxygen atoms in total. The van der Waals surface area contributed by atoms with Crippen molar-refractivity contribution in [1.82, 2.24) is 0 Å². The first-order chi connectivity index (χ1) is 19.6. The van der Waals surface area contributed by atoms with Gasteiger partial charge in [0.1, 0.15) is 24.4 Å². The maximum absolute atomic E-state index is 11.0. The molecule has 0 bridgehead atoms. The molecule has 1 saturated heterocycles. The first-order valence-corrected chi connectivity index (χ1v) is 13.1. The highest BCUT2D eigenvalue weighted by Gasteiger charge is 2.46. The number of methoxy groups -OCH3 is 4. The molecule has 0 radical (unpaired) electrons. The molecule has 0 aromatic heterocycles. The van der Waals surface area contributed by atoms with Crippen LogP contribution in [0.3, 0.4) is 0 Å². The van der Waals surface area contributed by atoms with Gasteiger partial charge in [-0.2, -0.15) is 0 Å². The van der Waals surface area contributed by atoms with Crippen LogP contribution in [0.25, 0.3) is 0 Å². The lowest BCUT2D eigenvalue weighted by molar-refractivity contribution is -0.304. The van der Waals surface area contributed by atoms with E-state index in [4.69, 9.17) is 28.4 Å². The Morgan fingerprint density at radius 1 is 0.780 bits per heavy atom. The molecule has 41 heavy (non-hydrogen) atoms. The molecule has 13 heteroatoms. The summed E-state index contributed by atoms with van der Waals surface area (Å²) in [4.78, 5) is 0. The predicted octanol–water partition coefficient (Wildman–Crippen LogP) is -0.139. The Kier molecular flexibility index (Phi) is 9.70. The van der Waals surface area contributed by atoms with Crippen LogP contribution in [-0.4, -0.2) is 115 Å². The van der Waals surface area contributed by atoms with Crippen LogP contribution in [0.2, 0.25) is 0 Å². The summed E-state index contributed by atoms with van der Waals surface area (Å²) in [6.45, 7) is -1.02. The summed E-state index contributed by atoms with van der Waals surface area (Å²) in [6.07, 6.45) is -7.02. The Bertz CT molecular complexity index is 1180. The molecule has 0 saturated carbocycles. The minimum Gasteiger partial charge on any atom is -0.502 e. The smallest absolute Gasteiger partial charge is 0.201 e. The maximum atomic E-state index is 11.0. The Hall–Kier alpha value is -3.04. The fourth-order valence-corrected chi connectivity index (χ4v) is 5.83. The quantitative estimate of drug-likeness (QED) is 0.196. The standard InChI is InChI=1S/C28H38O13/c1-36-16-7-13(8-17(37-2)22(16)31)20-15(11-40-28-26(35)25(34)23(32)19(10-30)41-28)14(9-29)5-12-6-18(38-3)24(33)27(39-4)21(12)20/h6-8,14-15,19-20,23,25-26,28-35H,5,9-11H2,1-4H3/t14-,15+,19?,20-,23+,25?,26?,28+/m0/s1. The van der Waals surface area contributed by atoms with E-state index in [-0.39, 0.29) is 47.7 Å². The molecule has 2 aromatic rings. The number of hydrogen-bond donors (Lipinski definition) is 7. The van der Waals surface area contributed by atoms with Gasteiger partial charge in [0.2, 0.25) is 11.5 Å². The molecule has 1 aliphatic heterocycles. The summed E-state index contributed by atoms with van der Waals surface area (Å²) in [5.74, 6) is -1.51. The van der Waals surface area contributed by atoms with Crippen LogP contribution < -0.4 is 18.9 Å². The van der Waals surface area contributed by atoms with Crippen molar-refractivity contribution in [2.75, 3.05) is 48.3 Å². The van der Waals surface area contributed by atoms with Gasteiger partial charge >= 0.3 is 0 Å². The number of aliphatic hydroxyl groups excluding tert-OH is 5. The van der Waals surface area contributed by atoms with Crippen LogP contribution in [0, 0.1) is 11.8 Å². The first kappa shape index (κ1) is 30.9. The van der Waals surface area contributed by atoms with Gasteiger partial charge in [-0.3, -0.25) is 0 Å². The van der Waals surface area contributed by atoms with Gasteiger partial charge in [0.05, 0.1) is 41.7 Å². The summed E-state index contributed by atoms with van der Waals surface area (Å²) in [6, 6.07) is 4.88. The van der Waals surface area contributed by atoms with E-state index in [1.807, 2.05) is 0 Å². The van der Waals surface area contributed by atoms with Crippen LogP contribution >= 0.6 is 0 Å². The zero-order chi connectivity index (χ0) is 30.0. The molecule has 0 amide bonds. The number of phenolic OH excluding ortho intramolecular Hbond substituents is 2. The molecule has 1 fully saturated rings. The molecule has 2 aromatic carbocycles. The number of fused-ring (bicyclic) bond motifs is 1. The van der Waals surface area contributed by atoms with Crippen LogP contribution in [0.4, 0.5) is 0 Å². The number of aliphatic hydroxyl groups is 5. The third-order valence-electron chi connectivity index (χ3n) is 7.99. The third-order valence-corrected chi connectivity index (χ3v) is 7.99. The molecule has 8 atom stereocenters. The van der Waals surface area contributed by atoms with Crippen molar-refractivity contribution in [2.45, 2.75) is 43.0 Å². The highest BCUT2D eigenvalue weighted by atomic mass is 16.7. The number of rotatable bonds is 10. The van der Waals surface area contributed by atoms with Crippen LogP contribution in [-0.2, 0) is 15.9 Å². The van der Waals surface area contributed by atoms with Gasteiger partial charge in [-0.25, -0.2) is 0 Å². The van der Waals surface area contributed by atoms with Crippen molar-refractivity contribution in [2.24, 2.45) is 11.8 Å². The van der Waals surface area contributed by atoms with Crippen molar-refractivity contribution >= 4 is 0 Å². The molecular weight excluding hydrogens is 544 g/mol. The Balaban J connectivity index is 1.85. The summed E-state index contributed by atoms with van der Waals surface area (Å²) >= 11 is 0. The lowest BCUT2D eigenvalue weighted by Crippen LogP contribution is -2.59. The number of hydrogen-bond acceptors (Lipinski definition) is 13. The predicted molar refractivity (Wildman–Crippen MR) is 142 cm³/mol. The molecule has 228 valence electrons. The summed E-state index contributed by atoms with van der Waals surface area (Å²) < 4.78 is 33.3. The Morgan fingerprint density at radius 3 is 1.93 bits per heavy atom. The molecule has 2 aliphatic rings. The average molecular weight is 583 g/mol. The molecule has 4 rings (SSSR count). The summed E-state index contributed by atoms with van der Waals surface area (Å²) in [5.41, 5.74) is 1.88. The van der Waals surface area contributed by atoms with E-state index in [0.717, 1.165) is 5.56 Å². The number of aromatic hydroxyl groups is 2. The minimum atomic E-state index is -1.63. The van der Waals surface area contributed by atoms with Gasteiger partial charge < -0.3 is 64.2 Å². The second-order valence-electron chi connectivity index (χ2n) is 10.1. The lowest BCUT2D eigenvalue weighted by Gasteiger charge is -2.43. The summed E-state index contributed by atoms with van der Waals surface area (Å²) in [5, 5.41) is 72.6. The van der Waals surface area contributed by atoms with Gasteiger partial charge in [-0.05, 0) is 47.6 Å². The van der Waals surface area contributed by atoms with Gasteiger partial charge in [0.25, 0.3) is 0 Å². The van der Waals surface area contributed by atoms with E-state index in [2.05, 4.69) is 0 Å². The van der Waals surface area contributed by atoms with E-state index in [9.17, 15) is 35.7 Å². The second kappa shape index (κ2) is 12.9. The van der Waals surface area contributed by atoms with E-state index < -0.39 is 55.1 Å². The van der Waals surface area contributed by atoms with Crippen molar-refractivity contribution in [1.29, 1.82) is 0 Å². The first-order valence-electron chi connectivity index (χ1n) is 13.1. The van der Waals surface area contributed by atoms with Crippen molar-refractivity contribution in [3.05, 3.63) is 34.9 Å². The molecule has 1 heterocycles. The highest BCUT2D eigenvalue weighted by Crippen LogP contribution is 2.54. The normalized spacial score (nSPS) is 29.5. The van der Waals surface area contributed by atoms with Gasteiger partial charge in [0.15, 0.2) is 29.3 Å². The lowest BCUT2D eigenvalue weighted by atomic mass is 9.66. The average Bonchev–Trinajstić information content (AvgIpc) is 2.98. The Morgan fingerprint density at radius 2 is 1.39 bits per heavy atom. The Labute approximate surface area is 237 Å². The number of benzene rings is 2.